The third kappa shape index (κ3) is 3.49. The minimum atomic E-state index is -3.84. The number of aromatic nitrogens is 1. The van der Waals surface area contributed by atoms with E-state index in [4.69, 9.17) is 29.6 Å². The van der Waals surface area contributed by atoms with E-state index in [0.717, 1.165) is 0 Å². The quantitative estimate of drug-likeness (QED) is 0.834. The summed E-state index contributed by atoms with van der Waals surface area (Å²) in [5.74, 6) is 0.256. The van der Waals surface area contributed by atoms with Crippen LogP contribution in [0.25, 0.3) is 0 Å². The number of nitrogens with two attached hydrogens (primary N) is 1. The maximum absolute atomic E-state index is 12.4. The van der Waals surface area contributed by atoms with Gasteiger partial charge in [0.2, 0.25) is 0 Å². The summed E-state index contributed by atoms with van der Waals surface area (Å²) >= 11 is 10.8. The van der Waals surface area contributed by atoms with Crippen LogP contribution in [0.1, 0.15) is 11.1 Å². The highest BCUT2D eigenvalue weighted by molar-refractivity contribution is 7.92. The van der Waals surface area contributed by atoms with Gasteiger partial charge in [0.1, 0.15) is 15.7 Å². The average molecular weight is 342 g/mol. The highest BCUT2D eigenvalue weighted by Crippen LogP contribution is 2.25. The Bertz CT molecular complexity index is 807. The fourth-order valence-corrected chi connectivity index (χ4v) is 3.40. The predicted molar refractivity (Wildman–Crippen MR) is 87.1 cm³/mol. The number of aryl methyl sites for hydroxylation is 1. The molecule has 0 unspecified atom stereocenters. The van der Waals surface area contributed by atoms with Crippen molar-refractivity contribution in [2.45, 2.75) is 11.8 Å². The van der Waals surface area contributed by atoms with Gasteiger partial charge in [-0.2, -0.15) is 0 Å². The molecule has 0 amide bonds. The molecular formula is C13H12ClN3O2S2. The van der Waals surface area contributed by atoms with Crippen molar-refractivity contribution < 1.29 is 8.42 Å². The molecule has 0 aliphatic carbocycles. The van der Waals surface area contributed by atoms with Gasteiger partial charge in [0.15, 0.2) is 0 Å². The second-order valence-corrected chi connectivity index (χ2v) is 6.78. The molecule has 0 aliphatic rings. The fourth-order valence-electron chi connectivity index (χ4n) is 1.65. The van der Waals surface area contributed by atoms with Crippen molar-refractivity contribution in [1.82, 2.24) is 4.98 Å². The molecule has 0 saturated heterocycles. The number of halogens is 1. The minimum Gasteiger partial charge on any atom is -0.389 e. The van der Waals surface area contributed by atoms with E-state index < -0.39 is 10.0 Å². The summed E-state index contributed by atoms with van der Waals surface area (Å²) in [5.41, 5.74) is 6.69. The van der Waals surface area contributed by atoms with Crippen LogP contribution in [-0.4, -0.2) is 18.4 Å². The Kier molecular flexibility index (Phi) is 4.46. The van der Waals surface area contributed by atoms with Crippen molar-refractivity contribution in [1.29, 1.82) is 0 Å². The van der Waals surface area contributed by atoms with Gasteiger partial charge in [0, 0.05) is 11.8 Å². The Hall–Kier alpha value is -1.70. The number of thiocarbonyl (C=S) groups is 1. The second-order valence-electron chi connectivity index (χ2n) is 4.28. The Morgan fingerprint density at radius 3 is 2.67 bits per heavy atom. The molecular weight excluding hydrogens is 330 g/mol. The first kappa shape index (κ1) is 15.7. The first-order chi connectivity index (χ1) is 9.81. The first-order valence-corrected chi connectivity index (χ1v) is 8.12. The van der Waals surface area contributed by atoms with E-state index >= 15 is 0 Å². The number of sulfonamides is 1. The van der Waals surface area contributed by atoms with Gasteiger partial charge in [0.05, 0.1) is 5.02 Å². The number of anilines is 1. The minimum absolute atomic E-state index is 0.0429. The van der Waals surface area contributed by atoms with E-state index in [0.29, 0.717) is 11.1 Å². The van der Waals surface area contributed by atoms with Gasteiger partial charge in [-0.25, -0.2) is 13.4 Å². The molecule has 1 aromatic carbocycles. The second kappa shape index (κ2) is 5.97. The van der Waals surface area contributed by atoms with Crippen LogP contribution in [0.3, 0.4) is 0 Å². The molecule has 8 heteroatoms. The summed E-state index contributed by atoms with van der Waals surface area (Å²) in [4.78, 5) is 4.08. The monoisotopic (exact) mass is 341 g/mol. The third-order valence-corrected chi connectivity index (χ3v) is 4.80. The van der Waals surface area contributed by atoms with Crippen molar-refractivity contribution in [3.8, 4) is 0 Å². The predicted octanol–water partition coefficient (Wildman–Crippen LogP) is 2.48. The maximum Gasteiger partial charge on any atom is 0.264 e. The smallest absolute Gasteiger partial charge is 0.264 e. The van der Waals surface area contributed by atoms with Crippen LogP contribution in [0.4, 0.5) is 5.82 Å². The van der Waals surface area contributed by atoms with Crippen LogP contribution < -0.4 is 10.5 Å². The summed E-state index contributed by atoms with van der Waals surface area (Å²) in [6, 6.07) is 7.76. The topological polar surface area (TPSA) is 85.1 Å². The number of nitrogens with one attached hydrogen (secondary N) is 1. The lowest BCUT2D eigenvalue weighted by molar-refractivity contribution is 0.601. The molecule has 5 nitrogen and oxygen atoms in total. The van der Waals surface area contributed by atoms with E-state index in [1.807, 2.05) is 0 Å². The summed E-state index contributed by atoms with van der Waals surface area (Å²) in [6.07, 6.45) is 1.50. The molecule has 0 fully saturated rings. The SMILES string of the molecule is Cc1cccnc1NS(=O)(=O)c1ccc(C(N)=S)cc1Cl. The summed E-state index contributed by atoms with van der Waals surface area (Å²) in [5, 5.41) is 0.0429. The average Bonchev–Trinajstić information content (AvgIpc) is 2.40. The largest absolute Gasteiger partial charge is 0.389 e. The van der Waals surface area contributed by atoms with Crippen molar-refractivity contribution >= 4 is 44.6 Å². The van der Waals surface area contributed by atoms with Crippen LogP contribution >= 0.6 is 23.8 Å². The van der Waals surface area contributed by atoms with Crippen LogP contribution in [-0.2, 0) is 10.0 Å². The first-order valence-electron chi connectivity index (χ1n) is 5.85. The molecule has 110 valence electrons. The van der Waals surface area contributed by atoms with Crippen LogP contribution in [0.15, 0.2) is 41.4 Å². The maximum atomic E-state index is 12.4. The normalized spacial score (nSPS) is 11.1. The van der Waals surface area contributed by atoms with Gasteiger partial charge in [-0.15, -0.1) is 0 Å². The zero-order chi connectivity index (χ0) is 15.6. The van der Waals surface area contributed by atoms with Gasteiger partial charge < -0.3 is 5.73 Å². The number of rotatable bonds is 4. The Labute approximate surface area is 133 Å². The van der Waals surface area contributed by atoms with Gasteiger partial charge in [-0.05, 0) is 30.7 Å². The molecule has 2 rings (SSSR count). The lowest BCUT2D eigenvalue weighted by Crippen LogP contribution is -2.16. The molecule has 3 N–H and O–H groups in total. The van der Waals surface area contributed by atoms with Crippen molar-refractivity contribution in [2.75, 3.05) is 4.72 Å². The lowest BCUT2D eigenvalue weighted by Gasteiger charge is -2.11. The number of benzene rings is 1. The van der Waals surface area contributed by atoms with E-state index in [2.05, 4.69) is 9.71 Å². The Balaban J connectivity index is 2.41. The van der Waals surface area contributed by atoms with Crippen molar-refractivity contribution in [3.05, 3.63) is 52.7 Å². The fraction of sp³-hybridized carbons (Fsp3) is 0.0769. The van der Waals surface area contributed by atoms with Crippen molar-refractivity contribution in [3.63, 3.8) is 0 Å². The number of hydrogen-bond donors (Lipinski definition) is 2. The zero-order valence-electron chi connectivity index (χ0n) is 11.0. The highest BCUT2D eigenvalue weighted by Gasteiger charge is 2.20. The van der Waals surface area contributed by atoms with E-state index in [-0.39, 0.29) is 20.7 Å². The number of nitrogens with zero attached hydrogens (tertiary/aromatic N) is 1. The van der Waals surface area contributed by atoms with Gasteiger partial charge in [0.25, 0.3) is 10.0 Å². The molecule has 0 spiro atoms. The molecule has 0 saturated carbocycles. The number of pyridine rings is 1. The van der Waals surface area contributed by atoms with Crippen LogP contribution in [0, 0.1) is 6.92 Å². The van der Waals surface area contributed by atoms with Gasteiger partial charge in [-0.3, -0.25) is 4.72 Å². The summed E-state index contributed by atoms with van der Waals surface area (Å²) < 4.78 is 27.1. The van der Waals surface area contributed by atoms with Crippen LogP contribution in [0.5, 0.6) is 0 Å². The van der Waals surface area contributed by atoms with E-state index in [1.54, 1.807) is 19.1 Å². The Morgan fingerprint density at radius 1 is 1.38 bits per heavy atom. The molecule has 0 atom stereocenters. The van der Waals surface area contributed by atoms with Gasteiger partial charge >= 0.3 is 0 Å². The molecule has 0 bridgehead atoms. The lowest BCUT2D eigenvalue weighted by atomic mass is 10.2. The Morgan fingerprint density at radius 2 is 2.10 bits per heavy atom. The highest BCUT2D eigenvalue weighted by atomic mass is 35.5. The molecule has 1 heterocycles. The standard InChI is InChI=1S/C13H12ClN3O2S2/c1-8-3-2-6-16-13(8)17-21(18,19)11-5-4-9(12(15)20)7-10(11)14/h2-7H,1H3,(H2,15,20)(H,16,17). The molecule has 21 heavy (non-hydrogen) atoms. The zero-order valence-corrected chi connectivity index (χ0v) is 13.4. The van der Waals surface area contributed by atoms with Gasteiger partial charge in [-0.1, -0.05) is 36.0 Å². The van der Waals surface area contributed by atoms with E-state index in [9.17, 15) is 8.42 Å². The molecule has 2 aromatic rings. The van der Waals surface area contributed by atoms with Crippen molar-refractivity contribution in [2.24, 2.45) is 5.73 Å². The molecule has 1 aromatic heterocycles. The molecule has 0 aliphatic heterocycles. The van der Waals surface area contributed by atoms with E-state index in [1.165, 1.54) is 24.4 Å². The van der Waals surface area contributed by atoms with Crippen LogP contribution in [0.2, 0.25) is 5.02 Å². The summed E-state index contributed by atoms with van der Waals surface area (Å²) in [7, 11) is -3.84. The molecule has 0 radical (unpaired) electrons. The summed E-state index contributed by atoms with van der Waals surface area (Å²) in [6.45, 7) is 1.75. The number of hydrogen-bond acceptors (Lipinski definition) is 4. The third-order valence-electron chi connectivity index (χ3n) is 2.75.